The highest BCUT2D eigenvalue weighted by Crippen LogP contribution is 2.32. The number of hydrogen-bond donors (Lipinski definition) is 0. The second kappa shape index (κ2) is 5.40. The Morgan fingerprint density at radius 2 is 2.05 bits per heavy atom. The average molecular weight is 335 g/mol. The Labute approximate surface area is 117 Å². The lowest BCUT2D eigenvalue weighted by Gasteiger charge is -2.33. The minimum Gasteiger partial charge on any atom is -0.464 e. The standard InChI is InChI=1S/C12H13BrF2N2O2/c1-19-11(18)9-3-2-8(13)10(16-9)17-6-4-12(14,15)5-7-17/h2-3H,4-7H2,1H3. The van der Waals surface area contributed by atoms with Crippen LogP contribution in [0.3, 0.4) is 0 Å². The molecule has 0 radical (unpaired) electrons. The van der Waals surface area contributed by atoms with Crippen LogP contribution in [0.15, 0.2) is 16.6 Å². The number of methoxy groups -OCH3 is 1. The van der Waals surface area contributed by atoms with E-state index in [1.54, 1.807) is 11.0 Å². The Kier molecular flexibility index (Phi) is 4.03. The molecule has 1 aromatic heterocycles. The first-order valence-electron chi connectivity index (χ1n) is 5.80. The van der Waals surface area contributed by atoms with Crippen LogP contribution in [0.5, 0.6) is 0 Å². The zero-order valence-corrected chi connectivity index (χ0v) is 11.9. The number of pyridine rings is 1. The van der Waals surface area contributed by atoms with Gasteiger partial charge in [-0.25, -0.2) is 18.6 Å². The zero-order valence-electron chi connectivity index (χ0n) is 10.3. The molecule has 0 spiro atoms. The molecule has 1 fully saturated rings. The topological polar surface area (TPSA) is 42.4 Å². The van der Waals surface area contributed by atoms with E-state index in [2.05, 4.69) is 25.7 Å². The summed E-state index contributed by atoms with van der Waals surface area (Å²) >= 11 is 3.32. The van der Waals surface area contributed by atoms with Crippen molar-refractivity contribution in [1.29, 1.82) is 0 Å². The van der Waals surface area contributed by atoms with E-state index in [9.17, 15) is 13.6 Å². The van der Waals surface area contributed by atoms with Gasteiger partial charge in [-0.15, -0.1) is 0 Å². The van der Waals surface area contributed by atoms with Gasteiger partial charge in [0, 0.05) is 25.9 Å². The first-order chi connectivity index (χ1) is 8.93. The van der Waals surface area contributed by atoms with E-state index >= 15 is 0 Å². The summed E-state index contributed by atoms with van der Waals surface area (Å²) in [5.41, 5.74) is 0.165. The molecule has 104 valence electrons. The van der Waals surface area contributed by atoms with Crippen molar-refractivity contribution in [1.82, 2.24) is 4.98 Å². The molecule has 1 saturated heterocycles. The van der Waals surface area contributed by atoms with Gasteiger partial charge in [0.2, 0.25) is 0 Å². The van der Waals surface area contributed by atoms with E-state index in [0.29, 0.717) is 10.3 Å². The molecule has 7 heteroatoms. The Morgan fingerprint density at radius 3 is 2.63 bits per heavy atom. The van der Waals surface area contributed by atoms with E-state index in [1.807, 2.05) is 0 Å². The van der Waals surface area contributed by atoms with Gasteiger partial charge in [-0.05, 0) is 28.1 Å². The predicted molar refractivity (Wildman–Crippen MR) is 69.7 cm³/mol. The molecular weight excluding hydrogens is 322 g/mol. The molecule has 1 aliphatic rings. The molecule has 0 bridgehead atoms. The second-order valence-electron chi connectivity index (χ2n) is 4.34. The summed E-state index contributed by atoms with van der Waals surface area (Å²) < 4.78 is 31.5. The largest absolute Gasteiger partial charge is 0.464 e. The minimum absolute atomic E-state index is 0.165. The lowest BCUT2D eigenvalue weighted by molar-refractivity contribution is -0.0221. The van der Waals surface area contributed by atoms with Gasteiger partial charge in [0.25, 0.3) is 5.92 Å². The van der Waals surface area contributed by atoms with Gasteiger partial charge in [-0.3, -0.25) is 0 Å². The minimum atomic E-state index is -2.61. The van der Waals surface area contributed by atoms with Crippen LogP contribution in [0.4, 0.5) is 14.6 Å². The molecule has 2 heterocycles. The highest BCUT2D eigenvalue weighted by Gasteiger charge is 2.35. The van der Waals surface area contributed by atoms with E-state index < -0.39 is 11.9 Å². The van der Waals surface area contributed by atoms with E-state index in [0.717, 1.165) is 0 Å². The van der Waals surface area contributed by atoms with E-state index in [-0.39, 0.29) is 31.6 Å². The molecule has 19 heavy (non-hydrogen) atoms. The fourth-order valence-electron chi connectivity index (χ4n) is 1.92. The predicted octanol–water partition coefficient (Wildman–Crippen LogP) is 2.87. The smallest absolute Gasteiger partial charge is 0.356 e. The Hall–Kier alpha value is -1.24. The second-order valence-corrected chi connectivity index (χ2v) is 5.19. The molecule has 0 amide bonds. The van der Waals surface area contributed by atoms with Crippen LogP contribution in [0.25, 0.3) is 0 Å². The zero-order chi connectivity index (χ0) is 14.0. The van der Waals surface area contributed by atoms with Crippen LogP contribution in [0.2, 0.25) is 0 Å². The third-order valence-corrected chi connectivity index (χ3v) is 3.64. The van der Waals surface area contributed by atoms with Gasteiger partial charge < -0.3 is 9.64 Å². The molecule has 0 saturated carbocycles. The van der Waals surface area contributed by atoms with Crippen LogP contribution in [-0.4, -0.2) is 37.1 Å². The Bertz CT molecular complexity index is 487. The summed E-state index contributed by atoms with van der Waals surface area (Å²) in [6.45, 7) is 0.423. The van der Waals surface area contributed by atoms with Crippen molar-refractivity contribution in [2.45, 2.75) is 18.8 Å². The normalized spacial score (nSPS) is 18.2. The summed E-state index contributed by atoms with van der Waals surface area (Å²) in [5, 5.41) is 0. The number of carbonyl (C=O) groups is 1. The summed E-state index contributed by atoms with van der Waals surface area (Å²) in [6, 6.07) is 3.19. The third-order valence-electron chi connectivity index (χ3n) is 3.02. The Balaban J connectivity index is 2.22. The molecule has 0 atom stereocenters. The summed E-state index contributed by atoms with van der Waals surface area (Å²) in [6.07, 6.45) is -0.410. The first-order valence-corrected chi connectivity index (χ1v) is 6.60. The first kappa shape index (κ1) is 14.2. The van der Waals surface area contributed by atoms with Crippen LogP contribution in [-0.2, 0) is 4.74 Å². The van der Waals surface area contributed by atoms with Gasteiger partial charge in [-0.2, -0.15) is 0 Å². The number of carbonyl (C=O) groups excluding carboxylic acids is 1. The number of piperidine rings is 1. The highest BCUT2D eigenvalue weighted by atomic mass is 79.9. The molecule has 4 nitrogen and oxygen atoms in total. The quantitative estimate of drug-likeness (QED) is 0.780. The number of esters is 1. The van der Waals surface area contributed by atoms with Crippen molar-refractivity contribution >= 4 is 27.7 Å². The molecule has 0 aliphatic carbocycles. The number of halogens is 3. The van der Waals surface area contributed by atoms with Gasteiger partial charge in [-0.1, -0.05) is 0 Å². The highest BCUT2D eigenvalue weighted by molar-refractivity contribution is 9.10. The summed E-state index contributed by atoms with van der Waals surface area (Å²) in [5.74, 6) is -2.65. The molecule has 0 unspecified atom stereocenters. The van der Waals surface area contributed by atoms with Crippen LogP contribution in [0.1, 0.15) is 23.3 Å². The van der Waals surface area contributed by atoms with E-state index in [4.69, 9.17) is 0 Å². The number of rotatable bonds is 2. The number of hydrogen-bond acceptors (Lipinski definition) is 4. The van der Waals surface area contributed by atoms with Crippen molar-refractivity contribution in [2.75, 3.05) is 25.1 Å². The molecular formula is C12H13BrF2N2O2. The maximum atomic E-state index is 13.1. The number of alkyl halides is 2. The molecule has 0 N–H and O–H groups in total. The van der Waals surface area contributed by atoms with Crippen molar-refractivity contribution in [3.63, 3.8) is 0 Å². The number of aromatic nitrogens is 1. The van der Waals surface area contributed by atoms with Crippen molar-refractivity contribution in [3.05, 3.63) is 22.3 Å². The fourth-order valence-corrected chi connectivity index (χ4v) is 2.39. The van der Waals surface area contributed by atoms with Gasteiger partial charge in [0.1, 0.15) is 5.82 Å². The van der Waals surface area contributed by atoms with Crippen molar-refractivity contribution < 1.29 is 18.3 Å². The molecule has 1 aromatic rings. The number of nitrogens with zero attached hydrogens (tertiary/aromatic N) is 2. The van der Waals surface area contributed by atoms with Crippen molar-refractivity contribution in [3.8, 4) is 0 Å². The number of anilines is 1. The lowest BCUT2D eigenvalue weighted by Crippen LogP contribution is -2.40. The van der Waals surface area contributed by atoms with Crippen LogP contribution in [0, 0.1) is 0 Å². The van der Waals surface area contributed by atoms with Crippen LogP contribution >= 0.6 is 15.9 Å². The van der Waals surface area contributed by atoms with Gasteiger partial charge in [0.05, 0.1) is 11.6 Å². The summed E-state index contributed by atoms with van der Waals surface area (Å²) in [4.78, 5) is 17.3. The summed E-state index contributed by atoms with van der Waals surface area (Å²) in [7, 11) is 1.27. The van der Waals surface area contributed by atoms with Crippen LogP contribution < -0.4 is 4.90 Å². The Morgan fingerprint density at radius 1 is 1.42 bits per heavy atom. The number of ether oxygens (including phenoxy) is 1. The molecule has 2 rings (SSSR count). The molecule has 1 aliphatic heterocycles. The maximum Gasteiger partial charge on any atom is 0.356 e. The fraction of sp³-hybridized carbons (Fsp3) is 0.500. The molecule has 0 aromatic carbocycles. The monoisotopic (exact) mass is 334 g/mol. The van der Waals surface area contributed by atoms with Gasteiger partial charge >= 0.3 is 5.97 Å². The lowest BCUT2D eigenvalue weighted by atomic mass is 10.1. The van der Waals surface area contributed by atoms with Gasteiger partial charge in [0.15, 0.2) is 5.69 Å². The SMILES string of the molecule is COC(=O)c1ccc(Br)c(N2CCC(F)(F)CC2)n1. The third kappa shape index (κ3) is 3.20. The average Bonchev–Trinajstić information content (AvgIpc) is 2.39. The maximum absolute atomic E-state index is 13.1. The van der Waals surface area contributed by atoms with E-state index in [1.165, 1.54) is 13.2 Å². The van der Waals surface area contributed by atoms with Crippen molar-refractivity contribution in [2.24, 2.45) is 0 Å².